The van der Waals surface area contributed by atoms with Crippen molar-refractivity contribution in [3.05, 3.63) is 35.5 Å². The molecule has 0 saturated carbocycles. The van der Waals surface area contributed by atoms with Crippen molar-refractivity contribution >= 4 is 27.2 Å². The molecule has 0 fully saturated rings. The van der Waals surface area contributed by atoms with Gasteiger partial charge in [-0.2, -0.15) is 0 Å². The molecule has 0 aliphatic rings. The maximum Gasteiger partial charge on any atom is 0.240 e. The summed E-state index contributed by atoms with van der Waals surface area (Å²) in [6.07, 6.45) is 1.50. The van der Waals surface area contributed by atoms with E-state index >= 15 is 0 Å². The van der Waals surface area contributed by atoms with Crippen molar-refractivity contribution < 1.29 is 9.47 Å². The third-order valence-corrected chi connectivity index (χ3v) is 3.97. The third-order valence-electron chi connectivity index (χ3n) is 2.89. The second-order valence-corrected chi connectivity index (χ2v) is 5.17. The summed E-state index contributed by atoms with van der Waals surface area (Å²) >= 11 is 1.56. The van der Waals surface area contributed by atoms with Gasteiger partial charge in [-0.25, -0.2) is 9.97 Å². The molecular weight excluding hydrogens is 274 g/mol. The Labute approximate surface area is 120 Å². The predicted molar refractivity (Wildman–Crippen MR) is 79.6 cm³/mol. The number of nitrogen functional groups attached to an aromatic ring is 1. The van der Waals surface area contributed by atoms with Gasteiger partial charge in [0, 0.05) is 11.8 Å². The van der Waals surface area contributed by atoms with E-state index in [1.807, 2.05) is 12.3 Å². The van der Waals surface area contributed by atoms with Crippen LogP contribution in [0.2, 0.25) is 0 Å². The van der Waals surface area contributed by atoms with Gasteiger partial charge < -0.3 is 15.2 Å². The molecule has 0 aliphatic carbocycles. The number of anilines is 1. The van der Waals surface area contributed by atoms with E-state index in [0.717, 1.165) is 15.8 Å². The summed E-state index contributed by atoms with van der Waals surface area (Å²) < 4.78 is 12.1. The number of rotatable bonds is 3. The van der Waals surface area contributed by atoms with Gasteiger partial charge in [-0.05, 0) is 30.0 Å². The highest BCUT2D eigenvalue weighted by Gasteiger charge is 2.12. The number of hydrogen-bond acceptors (Lipinski definition) is 6. The van der Waals surface area contributed by atoms with Gasteiger partial charge in [0.15, 0.2) is 11.5 Å². The molecule has 3 aromatic rings. The Morgan fingerprint density at radius 3 is 2.85 bits per heavy atom. The smallest absolute Gasteiger partial charge is 0.240 e. The molecule has 0 unspecified atom stereocenters. The summed E-state index contributed by atoms with van der Waals surface area (Å²) in [5.74, 6) is 1.67. The van der Waals surface area contributed by atoms with Crippen LogP contribution in [0.25, 0.3) is 10.2 Å². The summed E-state index contributed by atoms with van der Waals surface area (Å²) in [6, 6.07) is 5.24. The van der Waals surface area contributed by atoms with E-state index in [-0.39, 0.29) is 0 Å². The molecule has 0 amide bonds. The molecule has 0 aliphatic heterocycles. The van der Waals surface area contributed by atoms with Crippen LogP contribution in [-0.2, 0) is 0 Å². The Balaban J connectivity index is 2.05. The molecule has 0 saturated heterocycles. The molecule has 5 nitrogen and oxygen atoms in total. The molecule has 0 radical (unpaired) electrons. The molecule has 0 bridgehead atoms. The van der Waals surface area contributed by atoms with E-state index in [9.17, 15) is 0 Å². The van der Waals surface area contributed by atoms with E-state index in [1.54, 1.807) is 36.6 Å². The molecule has 2 aromatic heterocycles. The lowest BCUT2D eigenvalue weighted by atomic mass is 10.3. The summed E-state index contributed by atoms with van der Waals surface area (Å²) in [5.41, 5.74) is 8.37. The highest BCUT2D eigenvalue weighted by Crippen LogP contribution is 2.37. The van der Waals surface area contributed by atoms with Crippen LogP contribution in [0.1, 0.15) is 5.56 Å². The van der Waals surface area contributed by atoms with Crippen LogP contribution in [0.5, 0.6) is 17.4 Å². The molecule has 2 N–H and O–H groups in total. The van der Waals surface area contributed by atoms with E-state index in [1.165, 1.54) is 6.33 Å². The van der Waals surface area contributed by atoms with E-state index < -0.39 is 0 Å². The van der Waals surface area contributed by atoms with Gasteiger partial charge in [0.2, 0.25) is 5.88 Å². The zero-order chi connectivity index (χ0) is 14.1. The molecule has 3 rings (SSSR count). The first kappa shape index (κ1) is 12.7. The molecule has 0 atom stereocenters. The minimum Gasteiger partial charge on any atom is -0.493 e. The molecule has 0 spiro atoms. The Hall–Kier alpha value is -2.34. The highest BCUT2D eigenvalue weighted by molar-refractivity contribution is 7.17. The lowest BCUT2D eigenvalue weighted by Gasteiger charge is -2.10. The number of nitrogens with zero attached hydrogens (tertiary/aromatic N) is 2. The monoisotopic (exact) mass is 287 g/mol. The molecule has 6 heteroatoms. The van der Waals surface area contributed by atoms with Crippen molar-refractivity contribution in [3.8, 4) is 17.4 Å². The Bertz CT molecular complexity index is 770. The Morgan fingerprint density at radius 2 is 2.05 bits per heavy atom. The molecule has 2 heterocycles. The van der Waals surface area contributed by atoms with Crippen molar-refractivity contribution in [3.63, 3.8) is 0 Å². The van der Waals surface area contributed by atoms with Crippen molar-refractivity contribution in [2.24, 2.45) is 0 Å². The average Bonchev–Trinajstić information content (AvgIpc) is 2.84. The largest absolute Gasteiger partial charge is 0.493 e. The number of ether oxygens (including phenoxy) is 2. The van der Waals surface area contributed by atoms with Crippen molar-refractivity contribution in [1.82, 2.24) is 9.97 Å². The number of benzene rings is 1. The normalized spacial score (nSPS) is 10.7. The maximum atomic E-state index is 5.86. The van der Waals surface area contributed by atoms with Crippen LogP contribution >= 0.6 is 11.3 Å². The number of aryl methyl sites for hydroxylation is 1. The number of thiophene rings is 1. The Kier molecular flexibility index (Phi) is 3.15. The van der Waals surface area contributed by atoms with Crippen molar-refractivity contribution in [2.45, 2.75) is 6.92 Å². The van der Waals surface area contributed by atoms with E-state index in [2.05, 4.69) is 9.97 Å². The predicted octanol–water partition coefficient (Wildman–Crippen LogP) is 3.38. The van der Waals surface area contributed by atoms with Gasteiger partial charge in [-0.1, -0.05) is 0 Å². The summed E-state index contributed by atoms with van der Waals surface area (Å²) in [6.45, 7) is 2.01. The SMILES string of the molecule is COc1cc(N)ccc1Oc1ncnc2c(C)csc12. The van der Waals surface area contributed by atoms with Crippen LogP contribution in [0.4, 0.5) is 5.69 Å². The van der Waals surface area contributed by atoms with Crippen LogP contribution in [0, 0.1) is 6.92 Å². The lowest BCUT2D eigenvalue weighted by Crippen LogP contribution is -1.94. The van der Waals surface area contributed by atoms with Crippen molar-refractivity contribution in [1.29, 1.82) is 0 Å². The second-order valence-electron chi connectivity index (χ2n) is 4.29. The summed E-state index contributed by atoms with van der Waals surface area (Å²) in [7, 11) is 1.58. The van der Waals surface area contributed by atoms with Crippen LogP contribution in [-0.4, -0.2) is 17.1 Å². The lowest BCUT2D eigenvalue weighted by molar-refractivity contribution is 0.376. The first-order chi connectivity index (χ1) is 9.69. The zero-order valence-corrected chi connectivity index (χ0v) is 11.9. The fourth-order valence-corrected chi connectivity index (χ4v) is 2.82. The van der Waals surface area contributed by atoms with E-state index in [0.29, 0.717) is 23.1 Å². The number of fused-ring (bicyclic) bond motifs is 1. The Morgan fingerprint density at radius 1 is 1.20 bits per heavy atom. The molecule has 1 aromatic carbocycles. The maximum absolute atomic E-state index is 5.86. The number of aromatic nitrogens is 2. The molecule has 20 heavy (non-hydrogen) atoms. The first-order valence-electron chi connectivity index (χ1n) is 5.99. The topological polar surface area (TPSA) is 70.3 Å². The minimum absolute atomic E-state index is 0.524. The van der Waals surface area contributed by atoms with Crippen LogP contribution in [0.3, 0.4) is 0 Å². The highest BCUT2D eigenvalue weighted by atomic mass is 32.1. The van der Waals surface area contributed by atoms with Crippen molar-refractivity contribution in [2.75, 3.05) is 12.8 Å². The molecular formula is C14H13N3O2S. The fraction of sp³-hybridized carbons (Fsp3) is 0.143. The van der Waals surface area contributed by atoms with Gasteiger partial charge in [0.25, 0.3) is 0 Å². The fourth-order valence-electron chi connectivity index (χ4n) is 1.89. The number of methoxy groups -OCH3 is 1. The summed E-state index contributed by atoms with van der Waals surface area (Å²) in [5, 5.41) is 2.03. The van der Waals surface area contributed by atoms with Gasteiger partial charge in [-0.3, -0.25) is 0 Å². The molecule has 102 valence electrons. The van der Waals surface area contributed by atoms with Crippen LogP contribution < -0.4 is 15.2 Å². The average molecular weight is 287 g/mol. The quantitative estimate of drug-likeness (QED) is 0.748. The van der Waals surface area contributed by atoms with Gasteiger partial charge >= 0.3 is 0 Å². The van der Waals surface area contributed by atoms with Gasteiger partial charge in [-0.15, -0.1) is 11.3 Å². The van der Waals surface area contributed by atoms with Gasteiger partial charge in [0.05, 0.1) is 12.6 Å². The minimum atomic E-state index is 0.524. The van der Waals surface area contributed by atoms with Crippen LogP contribution in [0.15, 0.2) is 29.9 Å². The van der Waals surface area contributed by atoms with E-state index in [4.69, 9.17) is 15.2 Å². The first-order valence-corrected chi connectivity index (χ1v) is 6.87. The second kappa shape index (κ2) is 4.97. The third kappa shape index (κ3) is 2.14. The van der Waals surface area contributed by atoms with Gasteiger partial charge in [0.1, 0.15) is 11.0 Å². The number of hydrogen-bond donors (Lipinski definition) is 1. The summed E-state index contributed by atoms with van der Waals surface area (Å²) in [4.78, 5) is 8.47. The standard InChI is InChI=1S/C14H13N3O2S/c1-8-6-20-13-12(8)16-7-17-14(13)19-10-4-3-9(15)5-11(10)18-2/h3-7H,15H2,1-2H3. The zero-order valence-electron chi connectivity index (χ0n) is 11.1. The number of nitrogens with two attached hydrogens (primary N) is 1.